The Kier molecular flexibility index (Phi) is 5.02. The van der Waals surface area contributed by atoms with Crippen molar-refractivity contribution in [2.75, 3.05) is 14.2 Å². The number of hydrogen-bond donors (Lipinski definition) is 0. The third kappa shape index (κ3) is 3.65. The van der Waals surface area contributed by atoms with Gasteiger partial charge in [0.1, 0.15) is 5.75 Å². The molecule has 0 spiro atoms. The van der Waals surface area contributed by atoms with Crippen molar-refractivity contribution in [2.24, 2.45) is 0 Å². The van der Waals surface area contributed by atoms with E-state index in [1.54, 1.807) is 18.8 Å². The van der Waals surface area contributed by atoms with Crippen LogP contribution >= 0.6 is 0 Å². The number of benzene rings is 2. The molecule has 0 atom stereocenters. The summed E-state index contributed by atoms with van der Waals surface area (Å²) in [4.78, 5) is 16.8. The van der Waals surface area contributed by atoms with Gasteiger partial charge in [0.25, 0.3) is 0 Å². The van der Waals surface area contributed by atoms with Gasteiger partial charge in [-0.25, -0.2) is 4.79 Å². The Bertz CT molecular complexity index is 1140. The van der Waals surface area contributed by atoms with Crippen LogP contribution in [0.25, 0.3) is 11.3 Å². The second-order valence-electron chi connectivity index (χ2n) is 8.40. The van der Waals surface area contributed by atoms with E-state index in [0.717, 1.165) is 23.2 Å². The lowest BCUT2D eigenvalue weighted by molar-refractivity contribution is 0.354. The molecular weight excluding hydrogens is 380 g/mol. The van der Waals surface area contributed by atoms with Crippen LogP contribution in [0.2, 0.25) is 0 Å². The molecule has 0 radical (unpaired) electrons. The minimum absolute atomic E-state index is 0.0608. The van der Waals surface area contributed by atoms with E-state index in [0.29, 0.717) is 23.8 Å². The van der Waals surface area contributed by atoms with E-state index in [9.17, 15) is 4.79 Å². The zero-order chi connectivity index (χ0) is 21.5. The summed E-state index contributed by atoms with van der Waals surface area (Å²) in [6.07, 6.45) is 0.721. The molecule has 2 heterocycles. The van der Waals surface area contributed by atoms with Crippen molar-refractivity contribution in [3.63, 3.8) is 0 Å². The number of nitrogens with zero attached hydrogens (tertiary/aromatic N) is 2. The second kappa shape index (κ2) is 7.52. The fourth-order valence-electron chi connectivity index (χ4n) is 3.72. The average Bonchev–Trinajstić information content (AvgIpc) is 2.72. The summed E-state index contributed by atoms with van der Waals surface area (Å²) in [6.45, 7) is 7.05. The molecule has 1 aliphatic rings. The Morgan fingerprint density at radius 1 is 0.967 bits per heavy atom. The van der Waals surface area contributed by atoms with Crippen molar-refractivity contribution in [1.82, 2.24) is 9.55 Å². The molecule has 4 rings (SSSR count). The van der Waals surface area contributed by atoms with E-state index in [2.05, 4.69) is 25.8 Å². The molecule has 0 saturated carbocycles. The van der Waals surface area contributed by atoms with Crippen molar-refractivity contribution < 1.29 is 14.2 Å². The summed E-state index contributed by atoms with van der Waals surface area (Å²) in [7, 11) is 3.22. The highest BCUT2D eigenvalue weighted by Crippen LogP contribution is 2.38. The van der Waals surface area contributed by atoms with Gasteiger partial charge < -0.3 is 14.2 Å². The van der Waals surface area contributed by atoms with Crippen LogP contribution in [0.1, 0.15) is 31.9 Å². The van der Waals surface area contributed by atoms with Crippen LogP contribution < -0.4 is 19.9 Å². The summed E-state index contributed by atoms with van der Waals surface area (Å²) in [5.41, 5.74) is 3.73. The maximum absolute atomic E-state index is 12.7. The Morgan fingerprint density at radius 2 is 1.63 bits per heavy atom. The van der Waals surface area contributed by atoms with Crippen LogP contribution in [0.4, 0.5) is 0 Å². The van der Waals surface area contributed by atoms with Gasteiger partial charge in [-0.2, -0.15) is 4.98 Å². The third-order valence-electron chi connectivity index (χ3n) is 5.42. The Labute approximate surface area is 176 Å². The number of rotatable bonds is 4. The van der Waals surface area contributed by atoms with Gasteiger partial charge in [0.05, 0.1) is 19.9 Å². The van der Waals surface area contributed by atoms with E-state index in [-0.39, 0.29) is 17.0 Å². The molecule has 0 amide bonds. The van der Waals surface area contributed by atoms with Gasteiger partial charge in [-0.15, -0.1) is 0 Å². The van der Waals surface area contributed by atoms with Crippen molar-refractivity contribution in [1.29, 1.82) is 0 Å². The standard InChI is InChI=1S/C24H26N2O4/c1-24(2,3)16-6-8-17(9-7-16)30-22-14-19-18-13-21(29-5)20(28-4)12-15(18)10-11-26(19)23(27)25-22/h6-9,12-14H,10-11H2,1-5H3. The number of aryl methyl sites for hydroxylation is 1. The fourth-order valence-corrected chi connectivity index (χ4v) is 3.72. The molecule has 156 valence electrons. The second-order valence-corrected chi connectivity index (χ2v) is 8.40. The molecule has 0 N–H and O–H groups in total. The number of methoxy groups -OCH3 is 2. The van der Waals surface area contributed by atoms with E-state index in [4.69, 9.17) is 14.2 Å². The van der Waals surface area contributed by atoms with E-state index in [1.165, 1.54) is 5.56 Å². The van der Waals surface area contributed by atoms with Crippen LogP contribution in [-0.2, 0) is 18.4 Å². The Morgan fingerprint density at radius 3 is 2.27 bits per heavy atom. The van der Waals surface area contributed by atoms with Crippen molar-refractivity contribution in [3.05, 3.63) is 64.1 Å². The lowest BCUT2D eigenvalue weighted by Crippen LogP contribution is -2.28. The number of aromatic nitrogens is 2. The monoisotopic (exact) mass is 406 g/mol. The molecular formula is C24H26N2O4. The number of ether oxygens (including phenoxy) is 3. The van der Waals surface area contributed by atoms with Crippen LogP contribution in [0.5, 0.6) is 23.1 Å². The molecule has 0 aliphatic carbocycles. The highest BCUT2D eigenvalue weighted by Gasteiger charge is 2.22. The van der Waals surface area contributed by atoms with Gasteiger partial charge in [-0.05, 0) is 47.2 Å². The predicted octanol–water partition coefficient (Wildman–Crippen LogP) is 4.57. The van der Waals surface area contributed by atoms with Gasteiger partial charge in [0, 0.05) is 18.2 Å². The van der Waals surface area contributed by atoms with Gasteiger partial charge in [0.15, 0.2) is 11.5 Å². The average molecular weight is 406 g/mol. The van der Waals surface area contributed by atoms with Crippen LogP contribution in [0.15, 0.2) is 47.3 Å². The van der Waals surface area contributed by atoms with Crippen LogP contribution in [0, 0.1) is 0 Å². The molecule has 1 aliphatic heterocycles. The molecule has 1 aromatic heterocycles. The van der Waals surface area contributed by atoms with Gasteiger partial charge in [0.2, 0.25) is 5.88 Å². The molecule has 0 saturated heterocycles. The van der Waals surface area contributed by atoms with E-state index < -0.39 is 0 Å². The predicted molar refractivity (Wildman–Crippen MR) is 116 cm³/mol. The summed E-state index contributed by atoms with van der Waals surface area (Å²) in [6, 6.07) is 13.6. The van der Waals surface area contributed by atoms with Crippen LogP contribution in [0.3, 0.4) is 0 Å². The van der Waals surface area contributed by atoms with E-state index >= 15 is 0 Å². The summed E-state index contributed by atoms with van der Waals surface area (Å²) in [5, 5.41) is 0. The van der Waals surface area contributed by atoms with Gasteiger partial charge in [-0.3, -0.25) is 4.57 Å². The molecule has 2 aromatic carbocycles. The normalized spacial score (nSPS) is 12.7. The first-order valence-electron chi connectivity index (χ1n) is 9.95. The molecule has 0 unspecified atom stereocenters. The maximum Gasteiger partial charge on any atom is 0.351 e. The highest BCUT2D eigenvalue weighted by molar-refractivity contribution is 5.70. The third-order valence-corrected chi connectivity index (χ3v) is 5.42. The van der Waals surface area contributed by atoms with E-state index in [1.807, 2.05) is 42.5 Å². The molecule has 0 fully saturated rings. The quantitative estimate of drug-likeness (QED) is 0.635. The topological polar surface area (TPSA) is 62.6 Å². The summed E-state index contributed by atoms with van der Waals surface area (Å²) < 4.78 is 18.5. The summed E-state index contributed by atoms with van der Waals surface area (Å²) in [5.74, 6) is 2.21. The summed E-state index contributed by atoms with van der Waals surface area (Å²) >= 11 is 0. The molecule has 6 heteroatoms. The Hall–Kier alpha value is -3.28. The SMILES string of the molecule is COc1cc2c(cc1OC)-c1cc(Oc3ccc(C(C)(C)C)cc3)nc(=O)n1CC2. The van der Waals surface area contributed by atoms with Crippen molar-refractivity contribution in [3.8, 4) is 34.4 Å². The first-order valence-corrected chi connectivity index (χ1v) is 9.95. The van der Waals surface area contributed by atoms with Crippen molar-refractivity contribution in [2.45, 2.75) is 39.2 Å². The number of hydrogen-bond acceptors (Lipinski definition) is 5. The van der Waals surface area contributed by atoms with Gasteiger partial charge >= 0.3 is 5.69 Å². The molecule has 6 nitrogen and oxygen atoms in total. The zero-order valence-corrected chi connectivity index (χ0v) is 18.0. The molecule has 3 aromatic rings. The minimum Gasteiger partial charge on any atom is -0.493 e. The highest BCUT2D eigenvalue weighted by atomic mass is 16.5. The van der Waals surface area contributed by atoms with Crippen molar-refractivity contribution >= 4 is 0 Å². The number of fused-ring (bicyclic) bond motifs is 3. The molecule has 30 heavy (non-hydrogen) atoms. The largest absolute Gasteiger partial charge is 0.493 e. The Balaban J connectivity index is 1.73. The fraction of sp³-hybridized carbons (Fsp3) is 0.333. The lowest BCUT2D eigenvalue weighted by atomic mass is 9.87. The smallest absolute Gasteiger partial charge is 0.351 e. The zero-order valence-electron chi connectivity index (χ0n) is 18.0. The lowest BCUT2D eigenvalue weighted by Gasteiger charge is -2.23. The first kappa shape index (κ1) is 20.0. The first-order chi connectivity index (χ1) is 14.3. The molecule has 0 bridgehead atoms. The maximum atomic E-state index is 12.7. The minimum atomic E-state index is -0.325. The van der Waals surface area contributed by atoms with Gasteiger partial charge in [-0.1, -0.05) is 32.9 Å². The van der Waals surface area contributed by atoms with Crippen LogP contribution in [-0.4, -0.2) is 23.8 Å².